The highest BCUT2D eigenvalue weighted by Gasteiger charge is 2.37. The maximum absolute atomic E-state index is 11.8. The molecule has 0 spiro atoms. The number of anilines is 1. The lowest BCUT2D eigenvalue weighted by Gasteiger charge is -2.32. The quantitative estimate of drug-likeness (QED) is 0.597. The number of hydrogen-bond acceptors (Lipinski definition) is 5. The number of aliphatic imine (C=N–C) groups is 1. The normalized spacial score (nSPS) is 20.9. The molecule has 106 valence electrons. The van der Waals surface area contributed by atoms with Crippen LogP contribution < -0.4 is 11.1 Å². The smallest absolute Gasteiger partial charge is 0.249 e. The van der Waals surface area contributed by atoms with E-state index in [9.17, 15) is 9.59 Å². The number of rotatable bonds is 1. The first-order valence-corrected chi connectivity index (χ1v) is 6.09. The molecule has 0 aromatic heterocycles. The van der Waals surface area contributed by atoms with E-state index in [1.54, 1.807) is 0 Å². The van der Waals surface area contributed by atoms with Gasteiger partial charge in [-0.3, -0.25) is 14.9 Å². The zero-order chi connectivity index (χ0) is 13.6. The van der Waals surface area contributed by atoms with E-state index in [1.165, 1.54) is 0 Å². The Morgan fingerprint density at radius 1 is 1.40 bits per heavy atom. The average Bonchev–Trinajstić information content (AvgIpc) is 2.68. The van der Waals surface area contributed by atoms with Crippen molar-refractivity contribution in [2.24, 2.45) is 4.99 Å². The maximum atomic E-state index is 11.8. The maximum Gasteiger partial charge on any atom is 0.249 e. The van der Waals surface area contributed by atoms with Crippen molar-refractivity contribution < 1.29 is 9.59 Å². The number of nitrogens with one attached hydrogen (secondary N) is 1. The van der Waals surface area contributed by atoms with Crippen molar-refractivity contribution >= 4 is 41.4 Å². The number of benzene rings is 1. The van der Waals surface area contributed by atoms with Crippen LogP contribution in [0.25, 0.3) is 0 Å². The van der Waals surface area contributed by atoms with Crippen LogP contribution in [0.1, 0.15) is 18.9 Å². The van der Waals surface area contributed by atoms with Crippen molar-refractivity contribution in [3.05, 3.63) is 23.8 Å². The predicted octanol–water partition coefficient (Wildman–Crippen LogP) is 0.971. The molecular formula is C13H15ClN4O2. The molecule has 20 heavy (non-hydrogen) atoms. The molecule has 7 heteroatoms. The van der Waals surface area contributed by atoms with Crippen LogP contribution in [0.4, 0.5) is 11.4 Å². The number of carbonyl (C=O) groups is 2. The lowest BCUT2D eigenvalue weighted by atomic mass is 10.1. The average molecular weight is 295 g/mol. The zero-order valence-corrected chi connectivity index (χ0v) is 11.7. The van der Waals surface area contributed by atoms with Crippen molar-refractivity contribution in [1.82, 2.24) is 10.2 Å². The molecule has 1 atom stereocenters. The largest absolute Gasteiger partial charge is 0.398 e. The lowest BCUT2D eigenvalue weighted by Crippen LogP contribution is -2.44. The Labute approximate surface area is 122 Å². The van der Waals surface area contributed by atoms with Crippen LogP contribution in [0, 0.1) is 0 Å². The summed E-state index contributed by atoms with van der Waals surface area (Å²) in [7, 11) is 0. The molecule has 2 heterocycles. The van der Waals surface area contributed by atoms with Gasteiger partial charge in [-0.2, -0.15) is 0 Å². The van der Waals surface area contributed by atoms with Crippen molar-refractivity contribution in [2.45, 2.75) is 25.9 Å². The Morgan fingerprint density at radius 3 is 2.80 bits per heavy atom. The van der Waals surface area contributed by atoms with Gasteiger partial charge in [0.05, 0.1) is 12.1 Å². The summed E-state index contributed by atoms with van der Waals surface area (Å²) in [6, 6.07) is 5.08. The molecule has 1 aromatic carbocycles. The van der Waals surface area contributed by atoms with Crippen LogP contribution in [-0.4, -0.2) is 28.6 Å². The van der Waals surface area contributed by atoms with E-state index in [-0.39, 0.29) is 30.6 Å². The van der Waals surface area contributed by atoms with E-state index in [0.29, 0.717) is 12.2 Å². The van der Waals surface area contributed by atoms with Crippen LogP contribution in [0.5, 0.6) is 0 Å². The summed E-state index contributed by atoms with van der Waals surface area (Å²) in [5, 5.41) is 2.32. The molecule has 2 aliphatic heterocycles. The number of nitrogens with zero attached hydrogens (tertiary/aromatic N) is 2. The molecule has 6 nitrogen and oxygen atoms in total. The molecule has 3 rings (SSSR count). The molecule has 1 fully saturated rings. The number of fused-ring (bicyclic) bond motifs is 1. The van der Waals surface area contributed by atoms with Crippen LogP contribution in [0.15, 0.2) is 23.2 Å². The second-order valence-corrected chi connectivity index (χ2v) is 4.76. The van der Waals surface area contributed by atoms with Gasteiger partial charge in [-0.05, 0) is 19.1 Å². The molecule has 0 radical (unpaired) electrons. The summed E-state index contributed by atoms with van der Waals surface area (Å²) in [6.45, 7) is 2.34. The SMILES string of the molecule is CC1=Nc2cccc(N)c2CN1C1CC(=O)NC1=O.Cl. The summed E-state index contributed by atoms with van der Waals surface area (Å²) >= 11 is 0. The highest BCUT2D eigenvalue weighted by Crippen LogP contribution is 2.32. The topological polar surface area (TPSA) is 87.8 Å². The number of carbonyl (C=O) groups excluding carboxylic acids is 2. The summed E-state index contributed by atoms with van der Waals surface area (Å²) < 4.78 is 0. The number of amidine groups is 1. The van der Waals surface area contributed by atoms with E-state index < -0.39 is 6.04 Å². The fraction of sp³-hybridized carbons (Fsp3) is 0.308. The van der Waals surface area contributed by atoms with Gasteiger partial charge >= 0.3 is 0 Å². The van der Waals surface area contributed by atoms with Crippen LogP contribution in [0.3, 0.4) is 0 Å². The van der Waals surface area contributed by atoms with E-state index >= 15 is 0 Å². The molecule has 0 saturated carbocycles. The predicted molar refractivity (Wildman–Crippen MR) is 78.0 cm³/mol. The number of nitrogen functional groups attached to an aromatic ring is 1. The van der Waals surface area contributed by atoms with Crippen LogP contribution >= 0.6 is 12.4 Å². The van der Waals surface area contributed by atoms with Gasteiger partial charge in [0.2, 0.25) is 11.8 Å². The molecule has 1 unspecified atom stereocenters. The molecule has 0 bridgehead atoms. The standard InChI is InChI=1S/C13H14N4O2.ClH/c1-7-15-10-4-2-3-9(14)8(10)6-17(7)11-5-12(18)16-13(11)19;/h2-4,11H,5-6,14H2,1H3,(H,16,18,19);1H. The third kappa shape index (κ3) is 2.22. The van der Waals surface area contributed by atoms with Gasteiger partial charge in [0.25, 0.3) is 0 Å². The van der Waals surface area contributed by atoms with Gasteiger partial charge in [-0.25, -0.2) is 4.99 Å². The highest BCUT2D eigenvalue weighted by molar-refractivity contribution is 6.07. The first kappa shape index (κ1) is 14.3. The number of halogens is 1. The minimum atomic E-state index is -0.482. The van der Waals surface area contributed by atoms with Crippen molar-refractivity contribution in [3.8, 4) is 0 Å². The van der Waals surface area contributed by atoms with Gasteiger partial charge in [0, 0.05) is 17.8 Å². The van der Waals surface area contributed by atoms with E-state index in [2.05, 4.69) is 10.3 Å². The molecule has 0 aliphatic carbocycles. The monoisotopic (exact) mass is 294 g/mol. The van der Waals surface area contributed by atoms with Gasteiger partial charge in [-0.15, -0.1) is 12.4 Å². The van der Waals surface area contributed by atoms with Crippen molar-refractivity contribution in [3.63, 3.8) is 0 Å². The minimum absolute atomic E-state index is 0. The van der Waals surface area contributed by atoms with E-state index in [4.69, 9.17) is 5.73 Å². The number of imide groups is 1. The first-order chi connectivity index (χ1) is 9.06. The number of hydrogen-bond donors (Lipinski definition) is 2. The first-order valence-electron chi connectivity index (χ1n) is 6.09. The van der Waals surface area contributed by atoms with E-state index in [0.717, 1.165) is 17.1 Å². The van der Waals surface area contributed by atoms with Gasteiger partial charge in [-0.1, -0.05) is 6.07 Å². The fourth-order valence-corrected chi connectivity index (χ4v) is 2.52. The van der Waals surface area contributed by atoms with Gasteiger partial charge in [0.15, 0.2) is 0 Å². The second-order valence-electron chi connectivity index (χ2n) is 4.76. The molecule has 2 aliphatic rings. The third-order valence-corrected chi connectivity index (χ3v) is 3.53. The Balaban J connectivity index is 0.00000147. The Bertz CT molecular complexity index is 614. The van der Waals surface area contributed by atoms with Crippen molar-refractivity contribution in [1.29, 1.82) is 0 Å². The van der Waals surface area contributed by atoms with Crippen molar-refractivity contribution in [2.75, 3.05) is 5.73 Å². The van der Waals surface area contributed by atoms with E-state index in [1.807, 2.05) is 30.0 Å². The summed E-state index contributed by atoms with van der Waals surface area (Å²) in [5.74, 6) is 0.222. The lowest BCUT2D eigenvalue weighted by molar-refractivity contribution is -0.125. The van der Waals surface area contributed by atoms with Crippen LogP contribution in [-0.2, 0) is 16.1 Å². The Hall–Kier alpha value is -2.08. The molecule has 1 aromatic rings. The zero-order valence-electron chi connectivity index (χ0n) is 10.9. The summed E-state index contributed by atoms with van der Waals surface area (Å²) in [4.78, 5) is 29.4. The molecular weight excluding hydrogens is 280 g/mol. The molecule has 2 amide bonds. The minimum Gasteiger partial charge on any atom is -0.398 e. The third-order valence-electron chi connectivity index (χ3n) is 3.53. The molecule has 3 N–H and O–H groups in total. The van der Waals surface area contributed by atoms with Gasteiger partial charge < -0.3 is 10.6 Å². The second kappa shape index (κ2) is 5.13. The fourth-order valence-electron chi connectivity index (χ4n) is 2.52. The number of nitrogens with two attached hydrogens (primary N) is 1. The van der Waals surface area contributed by atoms with Crippen LogP contribution in [0.2, 0.25) is 0 Å². The Morgan fingerprint density at radius 2 is 2.15 bits per heavy atom. The summed E-state index contributed by atoms with van der Waals surface area (Å²) in [5.41, 5.74) is 8.34. The Kier molecular flexibility index (Phi) is 3.67. The highest BCUT2D eigenvalue weighted by atomic mass is 35.5. The van der Waals surface area contributed by atoms with Gasteiger partial charge in [0.1, 0.15) is 11.9 Å². The summed E-state index contributed by atoms with van der Waals surface area (Å²) in [6.07, 6.45) is 0.174. The number of amides is 2. The molecule has 1 saturated heterocycles.